The van der Waals surface area contributed by atoms with Crippen LogP contribution in [0.25, 0.3) is 6.08 Å². The van der Waals surface area contributed by atoms with E-state index < -0.39 is 5.97 Å². The van der Waals surface area contributed by atoms with E-state index in [0.717, 1.165) is 17.2 Å². The van der Waals surface area contributed by atoms with Crippen LogP contribution >= 0.6 is 0 Å². The maximum Gasteiger partial charge on any atom is 0.328 e. The molecule has 0 saturated heterocycles. The Balaban J connectivity index is 2.32. The fourth-order valence-corrected chi connectivity index (χ4v) is 1.48. The highest BCUT2D eigenvalue weighted by atomic mass is 16.5. The van der Waals surface area contributed by atoms with E-state index in [0.29, 0.717) is 5.75 Å². The molecule has 1 aromatic rings. The minimum absolute atomic E-state index is 0.0926. The average molecular weight is 218 g/mol. The molecular weight excluding hydrogens is 208 g/mol. The van der Waals surface area contributed by atoms with Crippen molar-refractivity contribution in [2.24, 2.45) is 0 Å². The second-order valence-corrected chi connectivity index (χ2v) is 3.37. The number of ether oxygens (including phenoxy) is 1. The van der Waals surface area contributed by atoms with Gasteiger partial charge >= 0.3 is 5.97 Å². The summed E-state index contributed by atoms with van der Waals surface area (Å²) >= 11 is 0. The number of carboxylic acid groups (broad SMARTS) is 1. The van der Waals surface area contributed by atoms with Crippen molar-refractivity contribution in [2.45, 2.75) is 0 Å². The summed E-state index contributed by atoms with van der Waals surface area (Å²) < 4.78 is 5.34. The Morgan fingerprint density at radius 3 is 3.00 bits per heavy atom. The third-order valence-corrected chi connectivity index (χ3v) is 2.19. The van der Waals surface area contributed by atoms with Gasteiger partial charge in [0.25, 0.3) is 0 Å². The minimum Gasteiger partial charge on any atom is -0.504 e. The largest absolute Gasteiger partial charge is 0.504 e. The molecule has 0 atom stereocenters. The highest BCUT2D eigenvalue weighted by Crippen LogP contribution is 2.34. The van der Waals surface area contributed by atoms with Gasteiger partial charge in [-0.1, -0.05) is 12.1 Å². The van der Waals surface area contributed by atoms with Crippen LogP contribution in [0.3, 0.4) is 0 Å². The number of hydrogen-bond acceptors (Lipinski definition) is 3. The number of carboxylic acids is 1. The van der Waals surface area contributed by atoms with Gasteiger partial charge < -0.3 is 14.9 Å². The lowest BCUT2D eigenvalue weighted by Crippen LogP contribution is -2.06. The molecule has 0 fully saturated rings. The van der Waals surface area contributed by atoms with Crippen molar-refractivity contribution < 1.29 is 19.7 Å². The van der Waals surface area contributed by atoms with Crippen LogP contribution in [-0.2, 0) is 4.79 Å². The van der Waals surface area contributed by atoms with Gasteiger partial charge in [0, 0.05) is 11.6 Å². The molecule has 0 spiro atoms. The third kappa shape index (κ3) is 2.06. The van der Waals surface area contributed by atoms with Crippen LogP contribution in [0.5, 0.6) is 11.5 Å². The van der Waals surface area contributed by atoms with Crippen LogP contribution in [0.15, 0.2) is 35.9 Å². The summed E-state index contributed by atoms with van der Waals surface area (Å²) in [6, 6.07) is 5.05. The van der Waals surface area contributed by atoms with Crippen molar-refractivity contribution in [3.8, 4) is 11.5 Å². The SMILES string of the molecule is O=C(O)C=CC1=Cc2cccc(O)c2OC1. The second kappa shape index (κ2) is 4.10. The molecule has 0 unspecified atom stereocenters. The zero-order valence-electron chi connectivity index (χ0n) is 8.38. The molecule has 82 valence electrons. The average Bonchev–Trinajstić information content (AvgIpc) is 2.26. The maximum absolute atomic E-state index is 10.3. The van der Waals surface area contributed by atoms with Gasteiger partial charge in [-0.15, -0.1) is 0 Å². The molecule has 1 aliphatic rings. The lowest BCUT2D eigenvalue weighted by molar-refractivity contribution is -0.131. The number of para-hydroxylation sites is 1. The number of aliphatic carboxylic acids is 1. The van der Waals surface area contributed by atoms with E-state index in [1.54, 1.807) is 24.3 Å². The van der Waals surface area contributed by atoms with Gasteiger partial charge in [0.05, 0.1) is 0 Å². The summed E-state index contributed by atoms with van der Waals surface area (Å²) in [6.45, 7) is 0.258. The number of hydrogen-bond donors (Lipinski definition) is 2. The molecule has 2 rings (SSSR count). The van der Waals surface area contributed by atoms with Crippen LogP contribution in [0, 0.1) is 0 Å². The first-order valence-electron chi connectivity index (χ1n) is 4.73. The number of phenolic OH excluding ortho intramolecular Hbond substituents is 1. The molecule has 1 aliphatic heterocycles. The van der Waals surface area contributed by atoms with Gasteiger partial charge in [-0.2, -0.15) is 0 Å². The molecule has 2 N–H and O–H groups in total. The van der Waals surface area contributed by atoms with E-state index in [9.17, 15) is 9.90 Å². The highest BCUT2D eigenvalue weighted by Gasteiger charge is 2.13. The van der Waals surface area contributed by atoms with Crippen molar-refractivity contribution in [3.05, 3.63) is 41.5 Å². The maximum atomic E-state index is 10.3. The normalized spacial score (nSPS) is 14.1. The second-order valence-electron chi connectivity index (χ2n) is 3.37. The van der Waals surface area contributed by atoms with Gasteiger partial charge in [-0.05, 0) is 23.8 Å². The Kier molecular flexibility index (Phi) is 2.64. The fourth-order valence-electron chi connectivity index (χ4n) is 1.48. The summed E-state index contributed by atoms with van der Waals surface area (Å²) in [5.74, 6) is -0.465. The number of carbonyl (C=O) groups is 1. The number of rotatable bonds is 2. The van der Waals surface area contributed by atoms with E-state index in [1.807, 2.05) is 0 Å². The third-order valence-electron chi connectivity index (χ3n) is 2.19. The predicted molar refractivity (Wildman–Crippen MR) is 58.4 cm³/mol. The molecule has 16 heavy (non-hydrogen) atoms. The van der Waals surface area contributed by atoms with Crippen LogP contribution in [0.1, 0.15) is 5.56 Å². The lowest BCUT2D eigenvalue weighted by atomic mass is 10.1. The zero-order chi connectivity index (χ0) is 11.5. The molecule has 0 aliphatic carbocycles. The topological polar surface area (TPSA) is 66.8 Å². The number of fused-ring (bicyclic) bond motifs is 1. The van der Waals surface area contributed by atoms with Crippen molar-refractivity contribution in [1.82, 2.24) is 0 Å². The molecule has 0 aromatic heterocycles. The van der Waals surface area contributed by atoms with E-state index >= 15 is 0 Å². The predicted octanol–water partition coefficient (Wildman–Crippen LogP) is 1.81. The first kappa shape index (κ1) is 10.3. The molecule has 4 heteroatoms. The first-order valence-corrected chi connectivity index (χ1v) is 4.73. The van der Waals surface area contributed by atoms with Gasteiger partial charge in [-0.25, -0.2) is 4.79 Å². The molecular formula is C12H10O4. The monoisotopic (exact) mass is 218 g/mol. The minimum atomic E-state index is -0.998. The van der Waals surface area contributed by atoms with E-state index in [1.165, 1.54) is 6.08 Å². The van der Waals surface area contributed by atoms with Gasteiger partial charge in [0.2, 0.25) is 0 Å². The summed E-state index contributed by atoms with van der Waals surface area (Å²) in [5, 5.41) is 18.0. The summed E-state index contributed by atoms with van der Waals surface area (Å²) in [6.07, 6.45) is 4.33. The van der Waals surface area contributed by atoms with Gasteiger partial charge in [-0.3, -0.25) is 0 Å². The van der Waals surface area contributed by atoms with E-state index in [-0.39, 0.29) is 12.4 Å². The number of phenols is 1. The molecule has 1 heterocycles. The summed E-state index contributed by atoms with van der Waals surface area (Å²) in [7, 11) is 0. The van der Waals surface area contributed by atoms with Crippen molar-refractivity contribution in [1.29, 1.82) is 0 Å². The van der Waals surface area contributed by atoms with Crippen molar-refractivity contribution in [2.75, 3.05) is 6.61 Å². The van der Waals surface area contributed by atoms with Crippen molar-refractivity contribution >= 4 is 12.0 Å². The lowest BCUT2D eigenvalue weighted by Gasteiger charge is -2.16. The Hall–Kier alpha value is -2.23. The Morgan fingerprint density at radius 1 is 1.44 bits per heavy atom. The van der Waals surface area contributed by atoms with E-state index in [2.05, 4.69) is 0 Å². The van der Waals surface area contributed by atoms with Crippen LogP contribution in [0.2, 0.25) is 0 Å². The fraction of sp³-hybridized carbons (Fsp3) is 0.0833. The van der Waals surface area contributed by atoms with Crippen LogP contribution < -0.4 is 4.74 Å². The molecule has 0 radical (unpaired) electrons. The zero-order valence-corrected chi connectivity index (χ0v) is 8.38. The van der Waals surface area contributed by atoms with Gasteiger partial charge in [0.15, 0.2) is 11.5 Å². The molecule has 0 saturated carbocycles. The van der Waals surface area contributed by atoms with Crippen LogP contribution in [0.4, 0.5) is 0 Å². The quantitative estimate of drug-likeness (QED) is 0.743. The Labute approximate surface area is 92.1 Å². The number of aromatic hydroxyl groups is 1. The summed E-state index contributed by atoms with van der Waals surface area (Å²) in [4.78, 5) is 10.3. The van der Waals surface area contributed by atoms with Crippen molar-refractivity contribution in [3.63, 3.8) is 0 Å². The number of benzene rings is 1. The molecule has 0 amide bonds. The summed E-state index contributed by atoms with van der Waals surface area (Å²) in [5.41, 5.74) is 1.50. The smallest absolute Gasteiger partial charge is 0.328 e. The molecule has 1 aromatic carbocycles. The first-order chi connectivity index (χ1) is 7.66. The molecule has 4 nitrogen and oxygen atoms in total. The Bertz CT molecular complexity index is 486. The standard InChI is InChI=1S/C12H10O4/c13-10-3-1-2-9-6-8(4-5-11(14)15)7-16-12(9)10/h1-6,13H,7H2,(H,14,15). The van der Waals surface area contributed by atoms with Crippen LogP contribution in [-0.4, -0.2) is 22.8 Å². The molecule has 0 bridgehead atoms. The Morgan fingerprint density at radius 2 is 2.25 bits per heavy atom. The highest BCUT2D eigenvalue weighted by molar-refractivity contribution is 5.81. The van der Waals surface area contributed by atoms with Gasteiger partial charge in [0.1, 0.15) is 6.61 Å². The van der Waals surface area contributed by atoms with E-state index in [4.69, 9.17) is 9.84 Å².